The summed E-state index contributed by atoms with van der Waals surface area (Å²) in [5.74, 6) is -0.363. The van der Waals surface area contributed by atoms with E-state index in [1.54, 1.807) is 24.3 Å². The van der Waals surface area contributed by atoms with E-state index in [1.807, 2.05) is 0 Å². The molecule has 0 spiro atoms. The maximum absolute atomic E-state index is 13.6. The molecule has 0 aliphatic carbocycles. The number of aromatic nitrogens is 1. The second-order valence-electron chi connectivity index (χ2n) is 3.34. The molecule has 1 heterocycles. The first kappa shape index (κ1) is 12.4. The minimum absolute atomic E-state index is 0.166. The summed E-state index contributed by atoms with van der Waals surface area (Å²) in [5, 5.41) is 10.1. The minimum atomic E-state index is -0.363. The fraction of sp³-hybridized carbons (Fsp3) is 0.0833. The number of halogens is 2. The van der Waals surface area contributed by atoms with E-state index < -0.39 is 0 Å². The van der Waals surface area contributed by atoms with Gasteiger partial charge in [-0.1, -0.05) is 29.4 Å². The molecule has 0 aliphatic rings. The molecule has 1 aromatic heterocycles. The Labute approximate surface area is 107 Å². The largest absolute Gasteiger partial charge is 0.392 e. The number of pyridine rings is 1. The van der Waals surface area contributed by atoms with Crippen LogP contribution in [0.3, 0.4) is 0 Å². The van der Waals surface area contributed by atoms with Gasteiger partial charge in [-0.05, 0) is 29.8 Å². The Kier molecular flexibility index (Phi) is 3.99. The number of hydrogen-bond donors (Lipinski definition) is 1. The van der Waals surface area contributed by atoms with Gasteiger partial charge in [0, 0.05) is 11.1 Å². The predicted octanol–water partition coefficient (Wildman–Crippen LogP) is 3.52. The lowest BCUT2D eigenvalue weighted by Crippen LogP contribution is -1.88. The van der Waals surface area contributed by atoms with E-state index in [4.69, 9.17) is 16.7 Å². The molecular weight excluding hydrogens is 261 g/mol. The van der Waals surface area contributed by atoms with Crippen molar-refractivity contribution in [2.75, 3.05) is 0 Å². The Balaban J connectivity index is 2.21. The zero-order chi connectivity index (χ0) is 12.3. The number of nitrogens with zero attached hydrogens (tertiary/aromatic N) is 1. The molecule has 0 fully saturated rings. The van der Waals surface area contributed by atoms with E-state index in [-0.39, 0.29) is 12.4 Å². The second-order valence-corrected chi connectivity index (χ2v) is 4.84. The van der Waals surface area contributed by atoms with Gasteiger partial charge in [-0.25, -0.2) is 9.37 Å². The molecule has 0 amide bonds. The van der Waals surface area contributed by atoms with Crippen molar-refractivity contribution in [1.82, 2.24) is 4.98 Å². The SMILES string of the molecule is OCc1ccc(Sc2ccc(Cl)cn2)c(F)c1. The average molecular weight is 270 g/mol. The zero-order valence-corrected chi connectivity index (χ0v) is 10.3. The molecule has 5 heteroatoms. The minimum Gasteiger partial charge on any atom is -0.392 e. The molecule has 88 valence electrons. The van der Waals surface area contributed by atoms with Gasteiger partial charge in [0.05, 0.1) is 11.6 Å². The van der Waals surface area contributed by atoms with Crippen LogP contribution in [0.4, 0.5) is 4.39 Å². The van der Waals surface area contributed by atoms with E-state index in [9.17, 15) is 4.39 Å². The third kappa shape index (κ3) is 3.19. The molecule has 1 N–H and O–H groups in total. The smallest absolute Gasteiger partial charge is 0.137 e. The Hall–Kier alpha value is -1.10. The molecule has 0 saturated heterocycles. The van der Waals surface area contributed by atoms with E-state index >= 15 is 0 Å². The molecule has 2 nitrogen and oxygen atoms in total. The molecule has 0 saturated carbocycles. The molecule has 0 bridgehead atoms. The first-order chi connectivity index (χ1) is 8.19. The monoisotopic (exact) mass is 269 g/mol. The Morgan fingerprint density at radius 3 is 2.71 bits per heavy atom. The lowest BCUT2D eigenvalue weighted by atomic mass is 10.2. The number of benzene rings is 1. The number of rotatable bonds is 3. The third-order valence-electron chi connectivity index (χ3n) is 2.09. The van der Waals surface area contributed by atoms with Crippen LogP contribution >= 0.6 is 23.4 Å². The number of hydrogen-bond acceptors (Lipinski definition) is 3. The van der Waals surface area contributed by atoms with Gasteiger partial charge in [0.1, 0.15) is 10.8 Å². The van der Waals surface area contributed by atoms with Gasteiger partial charge < -0.3 is 5.11 Å². The highest BCUT2D eigenvalue weighted by Gasteiger charge is 2.06. The van der Waals surface area contributed by atoms with Crippen LogP contribution in [0, 0.1) is 5.82 Å². The topological polar surface area (TPSA) is 33.1 Å². The van der Waals surface area contributed by atoms with Gasteiger partial charge in [0.2, 0.25) is 0 Å². The van der Waals surface area contributed by atoms with Crippen molar-refractivity contribution < 1.29 is 9.50 Å². The van der Waals surface area contributed by atoms with Crippen LogP contribution in [0.5, 0.6) is 0 Å². The van der Waals surface area contributed by atoms with Gasteiger partial charge >= 0.3 is 0 Å². The normalized spacial score (nSPS) is 10.5. The average Bonchev–Trinajstić information content (AvgIpc) is 2.34. The van der Waals surface area contributed by atoms with Crippen molar-refractivity contribution in [3.8, 4) is 0 Å². The fourth-order valence-corrected chi connectivity index (χ4v) is 2.13. The third-order valence-corrected chi connectivity index (χ3v) is 3.32. The zero-order valence-electron chi connectivity index (χ0n) is 8.73. The van der Waals surface area contributed by atoms with E-state index in [2.05, 4.69) is 4.98 Å². The summed E-state index contributed by atoms with van der Waals surface area (Å²) in [7, 11) is 0. The van der Waals surface area contributed by atoms with Crippen molar-refractivity contribution in [2.24, 2.45) is 0 Å². The lowest BCUT2D eigenvalue weighted by Gasteiger charge is -2.04. The highest BCUT2D eigenvalue weighted by Crippen LogP contribution is 2.29. The van der Waals surface area contributed by atoms with Crippen LogP contribution in [0.15, 0.2) is 46.5 Å². The van der Waals surface area contributed by atoms with Crippen LogP contribution in [0.2, 0.25) is 5.02 Å². The number of aliphatic hydroxyl groups is 1. The van der Waals surface area contributed by atoms with Crippen LogP contribution in [-0.2, 0) is 6.61 Å². The van der Waals surface area contributed by atoms with Crippen molar-refractivity contribution >= 4 is 23.4 Å². The maximum Gasteiger partial charge on any atom is 0.137 e. The molecule has 2 rings (SSSR count). The van der Waals surface area contributed by atoms with Crippen molar-refractivity contribution in [1.29, 1.82) is 0 Å². The summed E-state index contributed by atoms with van der Waals surface area (Å²) >= 11 is 6.93. The summed E-state index contributed by atoms with van der Waals surface area (Å²) in [4.78, 5) is 4.54. The van der Waals surface area contributed by atoms with Crippen molar-refractivity contribution in [3.63, 3.8) is 0 Å². The van der Waals surface area contributed by atoms with E-state index in [0.717, 1.165) is 0 Å². The number of aliphatic hydroxyl groups excluding tert-OH is 1. The Bertz CT molecular complexity index is 518. The quantitative estimate of drug-likeness (QED) is 0.926. The highest BCUT2D eigenvalue weighted by molar-refractivity contribution is 7.99. The second kappa shape index (κ2) is 5.49. The van der Waals surface area contributed by atoms with Crippen LogP contribution in [0.25, 0.3) is 0 Å². The van der Waals surface area contributed by atoms with Crippen molar-refractivity contribution in [3.05, 3.63) is 52.9 Å². The van der Waals surface area contributed by atoms with Gasteiger partial charge in [-0.2, -0.15) is 0 Å². The standard InChI is InChI=1S/C12H9ClFNOS/c13-9-2-4-12(15-6-9)17-11-3-1-8(7-16)5-10(11)14/h1-6,16H,7H2. The lowest BCUT2D eigenvalue weighted by molar-refractivity contribution is 0.281. The molecule has 0 radical (unpaired) electrons. The summed E-state index contributed by atoms with van der Waals surface area (Å²) in [6.45, 7) is -0.166. The summed E-state index contributed by atoms with van der Waals surface area (Å²) in [6, 6.07) is 8.06. The van der Waals surface area contributed by atoms with Crippen molar-refractivity contribution in [2.45, 2.75) is 16.5 Å². The Morgan fingerprint density at radius 2 is 2.12 bits per heavy atom. The summed E-state index contributed by atoms with van der Waals surface area (Å²) in [6.07, 6.45) is 1.52. The molecule has 1 aromatic carbocycles. The van der Waals surface area contributed by atoms with Gasteiger partial charge in [0.25, 0.3) is 0 Å². The van der Waals surface area contributed by atoms with Gasteiger partial charge in [-0.3, -0.25) is 0 Å². The molecule has 17 heavy (non-hydrogen) atoms. The molecule has 0 unspecified atom stereocenters. The molecular formula is C12H9ClFNOS. The first-order valence-corrected chi connectivity index (χ1v) is 6.07. The molecule has 0 atom stereocenters. The van der Waals surface area contributed by atoms with Crippen LogP contribution in [-0.4, -0.2) is 10.1 Å². The van der Waals surface area contributed by atoms with E-state index in [1.165, 1.54) is 24.0 Å². The van der Waals surface area contributed by atoms with Gasteiger partial charge in [0.15, 0.2) is 0 Å². The van der Waals surface area contributed by atoms with Gasteiger partial charge in [-0.15, -0.1) is 0 Å². The van der Waals surface area contributed by atoms with Crippen LogP contribution < -0.4 is 0 Å². The first-order valence-electron chi connectivity index (χ1n) is 4.88. The fourth-order valence-electron chi connectivity index (χ4n) is 1.26. The van der Waals surface area contributed by atoms with Crippen LogP contribution in [0.1, 0.15) is 5.56 Å². The summed E-state index contributed by atoms with van der Waals surface area (Å²) < 4.78 is 13.6. The molecule has 2 aromatic rings. The summed E-state index contributed by atoms with van der Waals surface area (Å²) in [5.41, 5.74) is 0.552. The van der Waals surface area contributed by atoms with E-state index in [0.29, 0.717) is 20.5 Å². The Morgan fingerprint density at radius 1 is 1.29 bits per heavy atom. The molecule has 0 aliphatic heterocycles. The highest BCUT2D eigenvalue weighted by atomic mass is 35.5. The predicted molar refractivity (Wildman–Crippen MR) is 65.7 cm³/mol. The maximum atomic E-state index is 13.6.